The molecule has 21 heavy (non-hydrogen) atoms. The lowest BCUT2D eigenvalue weighted by molar-refractivity contribution is 0.624. The lowest BCUT2D eigenvalue weighted by Crippen LogP contribution is -2.27. The fraction of sp³-hybridized carbons (Fsp3) is 0.235. The van der Waals surface area contributed by atoms with Crippen molar-refractivity contribution >= 4 is 28.6 Å². The monoisotopic (exact) mass is 300 g/mol. The molecule has 1 aliphatic heterocycles. The van der Waals surface area contributed by atoms with E-state index in [-0.39, 0.29) is 10.8 Å². The second-order valence-corrected chi connectivity index (χ2v) is 5.83. The Bertz CT molecular complexity index is 712. The van der Waals surface area contributed by atoms with Gasteiger partial charge in [-0.2, -0.15) is 0 Å². The Morgan fingerprint density at radius 3 is 2.81 bits per heavy atom. The lowest BCUT2D eigenvalue weighted by atomic mass is 9.98. The van der Waals surface area contributed by atoms with Crippen LogP contribution in [0.25, 0.3) is 0 Å². The predicted molar refractivity (Wildman–Crippen MR) is 88.8 cm³/mol. The van der Waals surface area contributed by atoms with Gasteiger partial charge in [0.25, 0.3) is 0 Å². The minimum atomic E-state index is -0.362. The van der Waals surface area contributed by atoms with E-state index in [4.69, 9.17) is 18.0 Å². The van der Waals surface area contributed by atoms with Gasteiger partial charge in [-0.05, 0) is 43.5 Å². The third kappa shape index (κ3) is 2.51. The maximum atomic E-state index is 14.1. The molecule has 2 nitrogen and oxygen atoms in total. The van der Waals surface area contributed by atoms with Crippen molar-refractivity contribution in [2.45, 2.75) is 19.8 Å². The zero-order valence-electron chi connectivity index (χ0n) is 11.9. The van der Waals surface area contributed by atoms with Gasteiger partial charge in [-0.15, -0.1) is 0 Å². The molecule has 0 aromatic heterocycles. The Hall–Kier alpha value is -1.94. The number of benzene rings is 2. The number of aryl methyl sites for hydroxylation is 2. The van der Waals surface area contributed by atoms with Crippen LogP contribution in [0.5, 0.6) is 0 Å². The molecule has 0 fully saturated rings. The normalized spacial score (nSPS) is 13.9. The highest BCUT2D eigenvalue weighted by Crippen LogP contribution is 2.36. The summed E-state index contributed by atoms with van der Waals surface area (Å²) in [7, 11) is 0. The summed E-state index contributed by atoms with van der Waals surface area (Å²) in [4.78, 5) is 2.22. The first-order chi connectivity index (χ1) is 10.1. The number of nitrogens with two attached hydrogens (primary N) is 1. The van der Waals surface area contributed by atoms with Crippen molar-refractivity contribution in [2.24, 2.45) is 5.73 Å². The van der Waals surface area contributed by atoms with E-state index >= 15 is 0 Å². The van der Waals surface area contributed by atoms with E-state index in [9.17, 15) is 4.39 Å². The largest absolute Gasteiger partial charge is 0.389 e. The molecule has 0 bridgehead atoms. The Kier molecular flexibility index (Phi) is 3.64. The number of nitrogens with zero attached hydrogens (tertiary/aromatic N) is 1. The van der Waals surface area contributed by atoms with Crippen molar-refractivity contribution in [3.63, 3.8) is 0 Å². The molecule has 0 saturated heterocycles. The van der Waals surface area contributed by atoms with E-state index in [1.807, 2.05) is 6.07 Å². The number of hydrogen-bond acceptors (Lipinski definition) is 2. The van der Waals surface area contributed by atoms with E-state index in [1.165, 1.54) is 17.2 Å². The Morgan fingerprint density at radius 1 is 1.24 bits per heavy atom. The molecule has 0 saturated carbocycles. The standard InChI is InChI=1S/C17H17FN2S/c1-11-7-8-14-12(10-11)4-3-9-20(14)15-6-2-5-13(18)16(15)17(19)21/h2,5-8,10H,3-4,9H2,1H3,(H2,19,21). The van der Waals surface area contributed by atoms with E-state index < -0.39 is 0 Å². The number of halogens is 1. The summed E-state index contributed by atoms with van der Waals surface area (Å²) in [6.45, 7) is 2.93. The van der Waals surface area contributed by atoms with Gasteiger partial charge >= 0.3 is 0 Å². The van der Waals surface area contributed by atoms with Gasteiger partial charge in [0.15, 0.2) is 0 Å². The third-order valence-corrected chi connectivity index (χ3v) is 4.09. The Labute approximate surface area is 129 Å². The van der Waals surface area contributed by atoms with Crippen LogP contribution in [-0.2, 0) is 6.42 Å². The summed E-state index contributed by atoms with van der Waals surface area (Å²) < 4.78 is 14.1. The fourth-order valence-electron chi connectivity index (χ4n) is 2.96. The maximum absolute atomic E-state index is 14.1. The van der Waals surface area contributed by atoms with Crippen LogP contribution in [0, 0.1) is 12.7 Å². The molecule has 3 rings (SSSR count). The number of thiocarbonyl (C=S) groups is 1. The fourth-order valence-corrected chi connectivity index (χ4v) is 3.16. The van der Waals surface area contributed by atoms with Crippen LogP contribution >= 0.6 is 12.2 Å². The van der Waals surface area contributed by atoms with Gasteiger partial charge in [0.2, 0.25) is 0 Å². The highest BCUT2D eigenvalue weighted by atomic mass is 32.1. The number of anilines is 2. The second kappa shape index (κ2) is 5.45. The van der Waals surface area contributed by atoms with Crippen molar-refractivity contribution in [2.75, 3.05) is 11.4 Å². The molecule has 0 unspecified atom stereocenters. The van der Waals surface area contributed by atoms with Crippen LogP contribution < -0.4 is 10.6 Å². The molecule has 2 N–H and O–H groups in total. The van der Waals surface area contributed by atoms with Crippen LogP contribution in [0.1, 0.15) is 23.1 Å². The number of rotatable bonds is 2. The molecular formula is C17H17FN2S. The SMILES string of the molecule is Cc1ccc2c(c1)CCCN2c1cccc(F)c1C(N)=S. The molecule has 2 aromatic rings. The quantitative estimate of drug-likeness (QED) is 0.854. The van der Waals surface area contributed by atoms with Crippen LogP contribution in [0.15, 0.2) is 36.4 Å². The summed E-state index contributed by atoms with van der Waals surface area (Å²) in [5.74, 6) is -0.362. The zero-order valence-corrected chi connectivity index (χ0v) is 12.7. The van der Waals surface area contributed by atoms with Crippen molar-refractivity contribution < 1.29 is 4.39 Å². The van der Waals surface area contributed by atoms with Crippen molar-refractivity contribution in [1.29, 1.82) is 0 Å². The van der Waals surface area contributed by atoms with Crippen molar-refractivity contribution in [1.82, 2.24) is 0 Å². The average molecular weight is 300 g/mol. The van der Waals surface area contributed by atoms with Crippen molar-refractivity contribution in [3.8, 4) is 0 Å². The Morgan fingerprint density at radius 2 is 2.05 bits per heavy atom. The summed E-state index contributed by atoms with van der Waals surface area (Å²) in [5, 5.41) is 0. The highest BCUT2D eigenvalue weighted by Gasteiger charge is 2.22. The van der Waals surface area contributed by atoms with Crippen LogP contribution in [0.3, 0.4) is 0 Å². The molecule has 1 aliphatic rings. The lowest BCUT2D eigenvalue weighted by Gasteiger charge is -2.33. The van der Waals surface area contributed by atoms with Gasteiger partial charge < -0.3 is 10.6 Å². The van der Waals surface area contributed by atoms with Gasteiger partial charge in [-0.3, -0.25) is 0 Å². The molecule has 108 valence electrons. The summed E-state index contributed by atoms with van der Waals surface area (Å²) >= 11 is 5.04. The maximum Gasteiger partial charge on any atom is 0.135 e. The van der Waals surface area contributed by atoms with Gasteiger partial charge in [-0.1, -0.05) is 36.0 Å². The van der Waals surface area contributed by atoms with Gasteiger partial charge in [-0.25, -0.2) is 4.39 Å². The molecule has 0 radical (unpaired) electrons. The topological polar surface area (TPSA) is 29.3 Å². The minimum Gasteiger partial charge on any atom is -0.389 e. The van der Waals surface area contributed by atoms with Gasteiger partial charge in [0.1, 0.15) is 10.8 Å². The first-order valence-corrected chi connectivity index (χ1v) is 7.44. The van der Waals surface area contributed by atoms with Gasteiger partial charge in [0, 0.05) is 12.2 Å². The molecule has 0 amide bonds. The summed E-state index contributed by atoms with van der Waals surface area (Å²) in [6.07, 6.45) is 2.08. The molecule has 0 atom stereocenters. The molecule has 0 aliphatic carbocycles. The highest BCUT2D eigenvalue weighted by molar-refractivity contribution is 7.80. The van der Waals surface area contributed by atoms with E-state index in [0.717, 1.165) is 30.8 Å². The molecule has 1 heterocycles. The van der Waals surface area contributed by atoms with Crippen LogP contribution in [0.2, 0.25) is 0 Å². The first-order valence-electron chi connectivity index (χ1n) is 7.03. The molecule has 4 heteroatoms. The number of fused-ring (bicyclic) bond motifs is 1. The second-order valence-electron chi connectivity index (χ2n) is 5.39. The smallest absolute Gasteiger partial charge is 0.135 e. The van der Waals surface area contributed by atoms with Crippen LogP contribution in [0.4, 0.5) is 15.8 Å². The summed E-state index contributed by atoms with van der Waals surface area (Å²) in [6, 6.07) is 11.4. The summed E-state index contributed by atoms with van der Waals surface area (Å²) in [5.41, 5.74) is 10.5. The molecule has 2 aromatic carbocycles. The number of hydrogen-bond donors (Lipinski definition) is 1. The third-order valence-electron chi connectivity index (χ3n) is 3.88. The Balaban J connectivity index is 2.16. The van der Waals surface area contributed by atoms with Crippen molar-refractivity contribution in [3.05, 3.63) is 58.9 Å². The average Bonchev–Trinajstić information content (AvgIpc) is 2.45. The minimum absolute atomic E-state index is 0.0994. The van der Waals surface area contributed by atoms with Crippen LogP contribution in [-0.4, -0.2) is 11.5 Å². The van der Waals surface area contributed by atoms with E-state index in [0.29, 0.717) is 5.56 Å². The predicted octanol–water partition coefficient (Wildman–Crippen LogP) is 3.85. The molecular weight excluding hydrogens is 283 g/mol. The first kappa shape index (κ1) is 14.0. The molecule has 0 spiro atoms. The zero-order chi connectivity index (χ0) is 15.0. The van der Waals surface area contributed by atoms with Gasteiger partial charge in [0.05, 0.1) is 11.3 Å². The van der Waals surface area contributed by atoms with E-state index in [1.54, 1.807) is 6.07 Å². The van der Waals surface area contributed by atoms with E-state index in [2.05, 4.69) is 30.0 Å².